The molecule has 3 N–H and O–H groups in total. The van der Waals surface area contributed by atoms with E-state index in [1.54, 1.807) is 0 Å². The average molecular weight is 332 g/mol. The van der Waals surface area contributed by atoms with Crippen molar-refractivity contribution in [3.8, 4) is 0 Å². The molecule has 1 saturated heterocycles. The van der Waals surface area contributed by atoms with Crippen molar-refractivity contribution >= 4 is 23.3 Å². The lowest BCUT2D eigenvalue weighted by molar-refractivity contribution is -0.142. The van der Waals surface area contributed by atoms with Gasteiger partial charge < -0.3 is 20.5 Å². The van der Waals surface area contributed by atoms with E-state index >= 15 is 0 Å². The SMILES string of the molecule is O=C(O)C1CCC(Nc2ccc(NC(=O)C3CCCO3)cc2)CC1. The molecule has 1 aliphatic heterocycles. The summed E-state index contributed by atoms with van der Waals surface area (Å²) in [6.45, 7) is 0.658. The molecule has 0 radical (unpaired) electrons. The second kappa shape index (κ2) is 7.66. The zero-order chi connectivity index (χ0) is 16.9. The van der Waals surface area contributed by atoms with Gasteiger partial charge in [-0.25, -0.2) is 0 Å². The first-order valence-electron chi connectivity index (χ1n) is 8.63. The first-order valence-corrected chi connectivity index (χ1v) is 8.63. The van der Waals surface area contributed by atoms with Gasteiger partial charge in [0.05, 0.1) is 5.92 Å². The van der Waals surface area contributed by atoms with Crippen molar-refractivity contribution in [1.82, 2.24) is 0 Å². The first-order chi connectivity index (χ1) is 11.6. The second-order valence-corrected chi connectivity index (χ2v) is 6.60. The van der Waals surface area contributed by atoms with E-state index in [0.717, 1.165) is 49.9 Å². The predicted octanol–water partition coefficient (Wildman–Crippen LogP) is 2.86. The van der Waals surface area contributed by atoms with Gasteiger partial charge in [0, 0.05) is 24.0 Å². The Morgan fingerprint density at radius 1 is 1.00 bits per heavy atom. The number of benzene rings is 1. The van der Waals surface area contributed by atoms with Gasteiger partial charge in [-0.3, -0.25) is 9.59 Å². The smallest absolute Gasteiger partial charge is 0.306 e. The largest absolute Gasteiger partial charge is 0.481 e. The molecule has 2 fully saturated rings. The van der Waals surface area contributed by atoms with Crippen LogP contribution in [-0.2, 0) is 14.3 Å². The van der Waals surface area contributed by atoms with E-state index in [1.807, 2.05) is 24.3 Å². The summed E-state index contributed by atoms with van der Waals surface area (Å²) in [7, 11) is 0. The molecule has 1 aromatic rings. The number of carbonyl (C=O) groups excluding carboxylic acids is 1. The van der Waals surface area contributed by atoms with Crippen molar-refractivity contribution in [2.75, 3.05) is 17.2 Å². The van der Waals surface area contributed by atoms with E-state index < -0.39 is 5.97 Å². The molecule has 1 heterocycles. The second-order valence-electron chi connectivity index (χ2n) is 6.60. The molecule has 1 aromatic carbocycles. The summed E-state index contributed by atoms with van der Waals surface area (Å²) in [5, 5.41) is 15.4. The monoisotopic (exact) mass is 332 g/mol. The van der Waals surface area contributed by atoms with Crippen LogP contribution in [0.25, 0.3) is 0 Å². The zero-order valence-electron chi connectivity index (χ0n) is 13.7. The number of aliphatic carboxylic acids is 1. The molecule has 24 heavy (non-hydrogen) atoms. The van der Waals surface area contributed by atoms with Crippen LogP contribution in [0.5, 0.6) is 0 Å². The minimum atomic E-state index is -0.681. The maximum Gasteiger partial charge on any atom is 0.306 e. The van der Waals surface area contributed by atoms with Crippen molar-refractivity contribution in [3.05, 3.63) is 24.3 Å². The molecule has 1 saturated carbocycles. The number of hydrogen-bond acceptors (Lipinski definition) is 4. The van der Waals surface area contributed by atoms with Crippen molar-refractivity contribution in [2.45, 2.75) is 50.7 Å². The maximum atomic E-state index is 12.0. The molecule has 0 aromatic heterocycles. The van der Waals surface area contributed by atoms with Crippen molar-refractivity contribution in [1.29, 1.82) is 0 Å². The fourth-order valence-corrected chi connectivity index (χ4v) is 3.38. The fraction of sp³-hybridized carbons (Fsp3) is 0.556. The van der Waals surface area contributed by atoms with E-state index in [-0.39, 0.29) is 17.9 Å². The Hall–Kier alpha value is -2.08. The lowest BCUT2D eigenvalue weighted by Gasteiger charge is -2.27. The highest BCUT2D eigenvalue weighted by atomic mass is 16.5. The van der Waals surface area contributed by atoms with Gasteiger partial charge in [0.15, 0.2) is 0 Å². The van der Waals surface area contributed by atoms with Gasteiger partial charge >= 0.3 is 5.97 Å². The molecule has 6 nitrogen and oxygen atoms in total. The van der Waals surface area contributed by atoms with Gasteiger partial charge in [-0.15, -0.1) is 0 Å². The van der Waals surface area contributed by atoms with Crippen molar-refractivity contribution < 1.29 is 19.4 Å². The zero-order valence-corrected chi connectivity index (χ0v) is 13.7. The molecule has 0 spiro atoms. The van der Waals surface area contributed by atoms with Crippen LogP contribution in [0.2, 0.25) is 0 Å². The van der Waals surface area contributed by atoms with Gasteiger partial charge in [-0.1, -0.05) is 0 Å². The van der Waals surface area contributed by atoms with Crippen LogP contribution < -0.4 is 10.6 Å². The topological polar surface area (TPSA) is 87.7 Å². The number of carboxylic acid groups (broad SMARTS) is 1. The van der Waals surface area contributed by atoms with E-state index in [4.69, 9.17) is 9.84 Å². The summed E-state index contributed by atoms with van der Waals surface area (Å²) in [5.74, 6) is -0.960. The summed E-state index contributed by atoms with van der Waals surface area (Å²) in [4.78, 5) is 23.0. The molecule has 130 valence electrons. The number of nitrogens with one attached hydrogen (secondary N) is 2. The molecule has 1 atom stereocenters. The standard InChI is InChI=1S/C18H24N2O4/c21-17(16-2-1-11-24-16)20-15-9-7-14(8-10-15)19-13-5-3-12(4-6-13)18(22)23/h7-10,12-13,16,19H,1-6,11H2,(H,20,21)(H,22,23). The molecule has 6 heteroatoms. The first kappa shape index (κ1) is 16.8. The van der Waals surface area contributed by atoms with Gasteiger partial charge in [-0.05, 0) is 62.8 Å². The minimum absolute atomic E-state index is 0.0831. The number of hydrogen-bond donors (Lipinski definition) is 3. The Kier molecular flexibility index (Phi) is 5.35. The third-order valence-corrected chi connectivity index (χ3v) is 4.82. The number of ether oxygens (including phenoxy) is 1. The van der Waals surface area contributed by atoms with Gasteiger partial charge in [0.1, 0.15) is 6.10 Å². The Balaban J connectivity index is 1.48. The molecule has 1 amide bonds. The van der Waals surface area contributed by atoms with Crippen LogP contribution in [0.1, 0.15) is 38.5 Å². The fourth-order valence-electron chi connectivity index (χ4n) is 3.38. The van der Waals surface area contributed by atoms with E-state index in [2.05, 4.69) is 10.6 Å². The Bertz CT molecular complexity index is 573. The Labute approximate surface area is 141 Å². The quantitative estimate of drug-likeness (QED) is 0.772. The maximum absolute atomic E-state index is 12.0. The third kappa shape index (κ3) is 4.26. The third-order valence-electron chi connectivity index (χ3n) is 4.82. The number of carbonyl (C=O) groups is 2. The lowest BCUT2D eigenvalue weighted by Crippen LogP contribution is -2.29. The molecule has 0 bridgehead atoms. The van der Waals surface area contributed by atoms with E-state index in [0.29, 0.717) is 12.6 Å². The average Bonchev–Trinajstić information content (AvgIpc) is 3.12. The highest BCUT2D eigenvalue weighted by molar-refractivity contribution is 5.94. The summed E-state index contributed by atoms with van der Waals surface area (Å²) in [6, 6.07) is 7.94. The Morgan fingerprint density at radius 3 is 2.25 bits per heavy atom. The van der Waals surface area contributed by atoms with Gasteiger partial charge in [0.25, 0.3) is 5.91 Å². The Morgan fingerprint density at radius 2 is 1.67 bits per heavy atom. The van der Waals surface area contributed by atoms with Crippen LogP contribution >= 0.6 is 0 Å². The predicted molar refractivity (Wildman–Crippen MR) is 91.1 cm³/mol. The van der Waals surface area contributed by atoms with Crippen LogP contribution in [0.3, 0.4) is 0 Å². The highest BCUT2D eigenvalue weighted by Crippen LogP contribution is 2.27. The van der Waals surface area contributed by atoms with E-state index in [1.165, 1.54) is 0 Å². The molecular weight excluding hydrogens is 308 g/mol. The number of carboxylic acids is 1. The summed E-state index contributed by atoms with van der Waals surface area (Å²) in [6.07, 6.45) is 4.58. The number of rotatable bonds is 5. The normalized spacial score (nSPS) is 26.8. The summed E-state index contributed by atoms with van der Waals surface area (Å²) < 4.78 is 5.37. The van der Waals surface area contributed by atoms with Crippen LogP contribution in [0, 0.1) is 5.92 Å². The molecule has 2 aliphatic rings. The minimum Gasteiger partial charge on any atom is -0.481 e. The number of amides is 1. The number of anilines is 2. The van der Waals surface area contributed by atoms with Crippen LogP contribution in [0.15, 0.2) is 24.3 Å². The molecular formula is C18H24N2O4. The van der Waals surface area contributed by atoms with Crippen molar-refractivity contribution in [2.24, 2.45) is 5.92 Å². The molecule has 3 rings (SSSR count). The van der Waals surface area contributed by atoms with Crippen LogP contribution in [0.4, 0.5) is 11.4 Å². The summed E-state index contributed by atoms with van der Waals surface area (Å²) in [5.41, 5.74) is 1.75. The van der Waals surface area contributed by atoms with E-state index in [9.17, 15) is 9.59 Å². The van der Waals surface area contributed by atoms with Crippen molar-refractivity contribution in [3.63, 3.8) is 0 Å². The van der Waals surface area contributed by atoms with Gasteiger partial charge in [0.2, 0.25) is 0 Å². The molecule has 1 aliphatic carbocycles. The summed E-state index contributed by atoms with van der Waals surface area (Å²) >= 11 is 0. The lowest BCUT2D eigenvalue weighted by atomic mass is 9.86. The van der Waals surface area contributed by atoms with Crippen LogP contribution in [-0.4, -0.2) is 35.7 Å². The molecule has 1 unspecified atom stereocenters. The highest BCUT2D eigenvalue weighted by Gasteiger charge is 2.26. The van der Waals surface area contributed by atoms with Gasteiger partial charge in [-0.2, -0.15) is 0 Å².